The molecule has 1 saturated heterocycles. The lowest BCUT2D eigenvalue weighted by Crippen LogP contribution is -2.56. The van der Waals surface area contributed by atoms with Gasteiger partial charge < -0.3 is 5.32 Å². The second kappa shape index (κ2) is 7.06. The fourth-order valence-corrected chi connectivity index (χ4v) is 4.58. The SMILES string of the molecule is Cc1ccc(NC(=O)[C@@H]2C[C@@H](c3cn(C)nc3C)NS(=O)(=O)N2C)cc1C. The third-order valence-electron chi connectivity index (χ3n) is 5.07. The molecule has 1 aliphatic rings. The number of hydrogen-bond donors (Lipinski definition) is 2. The summed E-state index contributed by atoms with van der Waals surface area (Å²) < 4.78 is 30.5. The molecule has 0 saturated carbocycles. The van der Waals surface area contributed by atoms with Crippen LogP contribution in [0.4, 0.5) is 5.69 Å². The molecule has 2 heterocycles. The first kappa shape index (κ1) is 19.5. The quantitative estimate of drug-likeness (QED) is 0.830. The standard InChI is InChI=1S/C18H25N5O3S/c1-11-6-7-14(8-12(11)2)19-18(24)17-9-16(21-27(25,26)23(17)5)15-10-22(4)20-13(15)3/h6-8,10,16-17,21H,9H2,1-5H3,(H,19,24)/t16-,17-/m0/s1. The average molecular weight is 391 g/mol. The Labute approximate surface area is 159 Å². The van der Waals surface area contributed by atoms with Crippen LogP contribution in [0.25, 0.3) is 0 Å². The molecule has 0 radical (unpaired) electrons. The lowest BCUT2D eigenvalue weighted by atomic mass is 10.00. The molecule has 146 valence electrons. The summed E-state index contributed by atoms with van der Waals surface area (Å²) in [5, 5.41) is 7.12. The maximum Gasteiger partial charge on any atom is 0.280 e. The van der Waals surface area contributed by atoms with Crippen LogP contribution < -0.4 is 10.0 Å². The minimum absolute atomic E-state index is 0.318. The van der Waals surface area contributed by atoms with E-state index in [9.17, 15) is 13.2 Å². The lowest BCUT2D eigenvalue weighted by Gasteiger charge is -2.36. The first-order valence-electron chi connectivity index (χ1n) is 8.72. The third-order valence-corrected chi connectivity index (χ3v) is 6.67. The van der Waals surface area contributed by atoms with Gasteiger partial charge in [-0.2, -0.15) is 22.5 Å². The van der Waals surface area contributed by atoms with Gasteiger partial charge >= 0.3 is 0 Å². The van der Waals surface area contributed by atoms with E-state index in [1.165, 1.54) is 7.05 Å². The van der Waals surface area contributed by atoms with Crippen LogP contribution in [-0.2, 0) is 22.1 Å². The summed E-state index contributed by atoms with van der Waals surface area (Å²) in [5.41, 5.74) is 4.35. The van der Waals surface area contributed by atoms with Gasteiger partial charge in [0.2, 0.25) is 5.91 Å². The van der Waals surface area contributed by atoms with E-state index in [1.807, 2.05) is 39.0 Å². The molecule has 0 aliphatic carbocycles. The average Bonchev–Trinajstić information content (AvgIpc) is 2.91. The molecule has 1 aromatic heterocycles. The van der Waals surface area contributed by atoms with E-state index in [0.717, 1.165) is 26.7 Å². The monoisotopic (exact) mass is 391 g/mol. The van der Waals surface area contributed by atoms with Gasteiger partial charge in [0, 0.05) is 31.5 Å². The number of amides is 1. The second-order valence-electron chi connectivity index (χ2n) is 7.07. The Kier molecular flexibility index (Phi) is 5.11. The summed E-state index contributed by atoms with van der Waals surface area (Å²) in [5.74, 6) is -0.350. The molecule has 9 heteroatoms. The fraction of sp³-hybridized carbons (Fsp3) is 0.444. The Hall–Kier alpha value is -2.23. The van der Waals surface area contributed by atoms with Gasteiger partial charge in [-0.3, -0.25) is 9.48 Å². The lowest BCUT2D eigenvalue weighted by molar-refractivity contribution is -0.120. The summed E-state index contributed by atoms with van der Waals surface area (Å²) >= 11 is 0. The Morgan fingerprint density at radius 2 is 1.93 bits per heavy atom. The van der Waals surface area contributed by atoms with Crippen molar-refractivity contribution in [3.63, 3.8) is 0 Å². The summed E-state index contributed by atoms with van der Waals surface area (Å²) in [7, 11) is -0.585. The molecule has 0 bridgehead atoms. The van der Waals surface area contributed by atoms with Crippen LogP contribution in [-0.4, -0.2) is 41.5 Å². The largest absolute Gasteiger partial charge is 0.325 e. The van der Waals surface area contributed by atoms with Crippen molar-refractivity contribution in [1.29, 1.82) is 0 Å². The number of carbonyl (C=O) groups is 1. The molecule has 2 atom stereocenters. The first-order valence-corrected chi connectivity index (χ1v) is 10.2. The summed E-state index contributed by atoms with van der Waals surface area (Å²) in [6, 6.07) is 4.30. The van der Waals surface area contributed by atoms with Gasteiger partial charge in [0.25, 0.3) is 10.2 Å². The van der Waals surface area contributed by atoms with Crippen LogP contribution >= 0.6 is 0 Å². The molecule has 1 amide bonds. The maximum atomic E-state index is 12.9. The Morgan fingerprint density at radius 1 is 1.22 bits per heavy atom. The zero-order valence-corrected chi connectivity index (χ0v) is 17.0. The number of anilines is 1. The Balaban J connectivity index is 1.86. The molecule has 1 aromatic carbocycles. The first-order chi connectivity index (χ1) is 12.6. The highest BCUT2D eigenvalue weighted by Gasteiger charge is 2.41. The van der Waals surface area contributed by atoms with Gasteiger partial charge in [0.1, 0.15) is 6.04 Å². The number of benzene rings is 1. The topological polar surface area (TPSA) is 96.3 Å². The number of nitrogens with one attached hydrogen (secondary N) is 2. The van der Waals surface area contributed by atoms with Gasteiger partial charge in [-0.1, -0.05) is 6.07 Å². The predicted molar refractivity (Wildman–Crippen MR) is 103 cm³/mol. The van der Waals surface area contributed by atoms with Crippen LogP contribution in [0.3, 0.4) is 0 Å². The van der Waals surface area contributed by atoms with Gasteiger partial charge in [-0.15, -0.1) is 0 Å². The predicted octanol–water partition coefficient (Wildman–Crippen LogP) is 1.56. The highest BCUT2D eigenvalue weighted by atomic mass is 32.2. The van der Waals surface area contributed by atoms with Crippen molar-refractivity contribution in [2.45, 2.75) is 39.3 Å². The zero-order valence-electron chi connectivity index (χ0n) is 16.1. The van der Waals surface area contributed by atoms with Crippen LogP contribution in [0.1, 0.15) is 34.8 Å². The highest BCUT2D eigenvalue weighted by molar-refractivity contribution is 7.87. The minimum atomic E-state index is -3.78. The van der Waals surface area contributed by atoms with Crippen molar-refractivity contribution in [3.05, 3.63) is 46.8 Å². The zero-order chi connectivity index (χ0) is 19.9. The second-order valence-corrected chi connectivity index (χ2v) is 8.84. The number of aryl methyl sites for hydroxylation is 4. The van der Waals surface area contributed by atoms with Crippen LogP contribution in [0.15, 0.2) is 24.4 Å². The molecule has 3 rings (SSSR count). The molecular formula is C18H25N5O3S. The van der Waals surface area contributed by atoms with Crippen molar-refractivity contribution < 1.29 is 13.2 Å². The van der Waals surface area contributed by atoms with Gasteiger partial charge in [-0.05, 0) is 50.5 Å². The third kappa shape index (κ3) is 3.90. The number of hydrogen-bond acceptors (Lipinski definition) is 4. The van der Waals surface area contributed by atoms with Crippen molar-refractivity contribution in [2.24, 2.45) is 7.05 Å². The Bertz CT molecular complexity index is 983. The summed E-state index contributed by atoms with van der Waals surface area (Å²) in [4.78, 5) is 12.9. The van der Waals surface area contributed by atoms with E-state index in [-0.39, 0.29) is 5.91 Å². The smallest absolute Gasteiger partial charge is 0.280 e. The van der Waals surface area contributed by atoms with Crippen LogP contribution in [0.5, 0.6) is 0 Å². The molecule has 8 nitrogen and oxygen atoms in total. The van der Waals surface area contributed by atoms with Gasteiger partial charge in [0.05, 0.1) is 11.7 Å². The molecule has 1 aliphatic heterocycles. The van der Waals surface area contributed by atoms with E-state index in [0.29, 0.717) is 12.1 Å². The van der Waals surface area contributed by atoms with Crippen LogP contribution in [0, 0.1) is 20.8 Å². The number of nitrogens with zero attached hydrogens (tertiary/aromatic N) is 3. The highest BCUT2D eigenvalue weighted by Crippen LogP contribution is 2.30. The minimum Gasteiger partial charge on any atom is -0.325 e. The van der Waals surface area contributed by atoms with Crippen molar-refractivity contribution >= 4 is 21.8 Å². The molecule has 0 spiro atoms. The van der Waals surface area contributed by atoms with Crippen molar-refractivity contribution in [1.82, 2.24) is 18.8 Å². The normalized spacial score (nSPS) is 22.6. The molecule has 2 N–H and O–H groups in total. The van der Waals surface area contributed by atoms with E-state index >= 15 is 0 Å². The maximum absolute atomic E-state index is 12.9. The molecule has 1 fully saturated rings. The van der Waals surface area contributed by atoms with E-state index < -0.39 is 22.3 Å². The number of rotatable bonds is 3. The Morgan fingerprint density at radius 3 is 2.52 bits per heavy atom. The molecule has 2 aromatic rings. The van der Waals surface area contributed by atoms with E-state index in [4.69, 9.17) is 0 Å². The fourth-order valence-electron chi connectivity index (χ4n) is 3.32. The van der Waals surface area contributed by atoms with E-state index in [1.54, 1.807) is 17.9 Å². The molecule has 0 unspecified atom stereocenters. The van der Waals surface area contributed by atoms with Crippen molar-refractivity contribution in [2.75, 3.05) is 12.4 Å². The summed E-state index contributed by atoms with van der Waals surface area (Å²) in [6.45, 7) is 5.79. The van der Waals surface area contributed by atoms with Crippen molar-refractivity contribution in [3.8, 4) is 0 Å². The molecule has 27 heavy (non-hydrogen) atoms. The summed E-state index contributed by atoms with van der Waals surface area (Å²) in [6.07, 6.45) is 2.10. The number of likely N-dealkylation sites (N-methyl/N-ethyl adjacent to an activating group) is 1. The van der Waals surface area contributed by atoms with Gasteiger partial charge in [0.15, 0.2) is 0 Å². The van der Waals surface area contributed by atoms with Crippen LogP contribution in [0.2, 0.25) is 0 Å². The van der Waals surface area contributed by atoms with E-state index in [2.05, 4.69) is 15.1 Å². The number of aromatic nitrogens is 2. The number of carbonyl (C=O) groups excluding carboxylic acids is 1. The molecular weight excluding hydrogens is 366 g/mol. The van der Waals surface area contributed by atoms with Gasteiger partial charge in [-0.25, -0.2) is 0 Å².